The zero-order valence-corrected chi connectivity index (χ0v) is 17.4. The number of carbonyl (C=O) groups is 1. The standard InChI is InChI=1S/C21H34N4O2/c1-21(2,3)27-20(26)25-13-9-12-18(16-25)15-23-19(24(4)5)22-14-17-10-7-6-8-11-17/h6-8,10-11,18H,9,12-16H2,1-5H3,(H,22,23). The lowest BCUT2D eigenvalue weighted by molar-refractivity contribution is 0.0168. The lowest BCUT2D eigenvalue weighted by Gasteiger charge is -2.34. The van der Waals surface area contributed by atoms with Crippen molar-refractivity contribution in [2.75, 3.05) is 33.7 Å². The van der Waals surface area contributed by atoms with Crippen LogP contribution in [0.3, 0.4) is 0 Å². The largest absolute Gasteiger partial charge is 0.444 e. The Morgan fingerprint density at radius 3 is 2.63 bits per heavy atom. The zero-order chi connectivity index (χ0) is 19.9. The Balaban J connectivity index is 1.88. The average molecular weight is 375 g/mol. The molecule has 1 aromatic rings. The number of hydrogen-bond acceptors (Lipinski definition) is 3. The van der Waals surface area contributed by atoms with Crippen LogP contribution in [0, 0.1) is 5.92 Å². The van der Waals surface area contributed by atoms with Gasteiger partial charge in [-0.15, -0.1) is 0 Å². The first-order valence-corrected chi connectivity index (χ1v) is 9.72. The molecular weight excluding hydrogens is 340 g/mol. The highest BCUT2D eigenvalue weighted by Crippen LogP contribution is 2.19. The number of rotatable bonds is 4. The summed E-state index contributed by atoms with van der Waals surface area (Å²) in [6, 6.07) is 10.2. The van der Waals surface area contributed by atoms with Crippen LogP contribution in [0.2, 0.25) is 0 Å². The fourth-order valence-corrected chi connectivity index (χ4v) is 3.06. The van der Waals surface area contributed by atoms with Crippen LogP contribution in [0.15, 0.2) is 35.3 Å². The number of amides is 1. The third-order valence-corrected chi connectivity index (χ3v) is 4.40. The van der Waals surface area contributed by atoms with E-state index in [2.05, 4.69) is 17.4 Å². The zero-order valence-electron chi connectivity index (χ0n) is 17.4. The van der Waals surface area contributed by atoms with Crippen LogP contribution in [-0.2, 0) is 11.3 Å². The summed E-state index contributed by atoms with van der Waals surface area (Å²) in [5.74, 6) is 1.27. The van der Waals surface area contributed by atoms with Gasteiger partial charge in [0.05, 0.1) is 6.54 Å². The number of hydrogen-bond donors (Lipinski definition) is 1. The molecule has 1 aliphatic rings. The van der Waals surface area contributed by atoms with Gasteiger partial charge in [-0.2, -0.15) is 0 Å². The first-order chi connectivity index (χ1) is 12.7. The van der Waals surface area contributed by atoms with Gasteiger partial charge >= 0.3 is 6.09 Å². The number of nitrogens with one attached hydrogen (secondary N) is 1. The molecular formula is C21H34N4O2. The molecule has 27 heavy (non-hydrogen) atoms. The lowest BCUT2D eigenvalue weighted by Crippen LogP contribution is -2.47. The van der Waals surface area contributed by atoms with Crippen molar-refractivity contribution >= 4 is 12.1 Å². The Morgan fingerprint density at radius 2 is 2.00 bits per heavy atom. The third kappa shape index (κ3) is 7.49. The van der Waals surface area contributed by atoms with Gasteiger partial charge in [-0.05, 0) is 45.1 Å². The second-order valence-corrected chi connectivity index (χ2v) is 8.34. The predicted octanol–water partition coefficient (Wildman–Crippen LogP) is 3.34. The van der Waals surface area contributed by atoms with Gasteiger partial charge in [-0.1, -0.05) is 30.3 Å². The Labute approximate surface area is 163 Å². The van der Waals surface area contributed by atoms with Gasteiger partial charge in [0.15, 0.2) is 5.96 Å². The van der Waals surface area contributed by atoms with Crippen LogP contribution in [0.4, 0.5) is 4.79 Å². The number of carbonyl (C=O) groups excluding carboxylic acids is 1. The van der Waals surface area contributed by atoms with Gasteiger partial charge < -0.3 is 19.9 Å². The third-order valence-electron chi connectivity index (χ3n) is 4.40. The molecule has 0 spiro atoms. The van der Waals surface area contributed by atoms with E-state index in [1.54, 1.807) is 0 Å². The number of likely N-dealkylation sites (tertiary alicyclic amines) is 1. The van der Waals surface area contributed by atoms with Gasteiger partial charge in [-0.3, -0.25) is 0 Å². The molecule has 1 amide bonds. The normalized spacial score (nSPS) is 18.2. The van der Waals surface area contributed by atoms with E-state index in [0.717, 1.165) is 38.4 Å². The molecule has 150 valence electrons. The van der Waals surface area contributed by atoms with Crippen molar-refractivity contribution in [3.05, 3.63) is 35.9 Å². The molecule has 0 aliphatic carbocycles. The van der Waals surface area contributed by atoms with E-state index in [1.165, 1.54) is 5.56 Å². The van der Waals surface area contributed by atoms with Crippen molar-refractivity contribution < 1.29 is 9.53 Å². The van der Waals surface area contributed by atoms with Crippen LogP contribution in [-0.4, -0.2) is 61.2 Å². The van der Waals surface area contributed by atoms with Gasteiger partial charge in [0.25, 0.3) is 0 Å². The Bertz CT molecular complexity index is 623. The highest BCUT2D eigenvalue weighted by molar-refractivity contribution is 5.79. The lowest BCUT2D eigenvalue weighted by atomic mass is 9.98. The van der Waals surface area contributed by atoms with Crippen LogP contribution in [0.5, 0.6) is 0 Å². The van der Waals surface area contributed by atoms with Crippen LogP contribution < -0.4 is 5.32 Å². The smallest absolute Gasteiger partial charge is 0.410 e. The summed E-state index contributed by atoms with van der Waals surface area (Å²) in [4.78, 5) is 20.9. The van der Waals surface area contributed by atoms with Crippen molar-refractivity contribution in [1.82, 2.24) is 15.1 Å². The first-order valence-electron chi connectivity index (χ1n) is 9.72. The van der Waals surface area contributed by atoms with Gasteiger partial charge in [0.1, 0.15) is 5.60 Å². The number of nitrogens with zero attached hydrogens (tertiary/aromatic N) is 3. The summed E-state index contributed by atoms with van der Waals surface area (Å²) in [7, 11) is 3.98. The second-order valence-electron chi connectivity index (χ2n) is 8.34. The minimum Gasteiger partial charge on any atom is -0.444 e. The number of aliphatic imine (C=N–C) groups is 1. The Morgan fingerprint density at radius 1 is 1.30 bits per heavy atom. The maximum Gasteiger partial charge on any atom is 0.410 e. The monoisotopic (exact) mass is 374 g/mol. The molecule has 1 N–H and O–H groups in total. The molecule has 0 aromatic heterocycles. The highest BCUT2D eigenvalue weighted by atomic mass is 16.6. The molecule has 1 aromatic carbocycles. The quantitative estimate of drug-likeness (QED) is 0.649. The second kappa shape index (κ2) is 9.62. The highest BCUT2D eigenvalue weighted by Gasteiger charge is 2.27. The van der Waals surface area contributed by atoms with Crippen molar-refractivity contribution in [2.45, 2.75) is 45.8 Å². The van der Waals surface area contributed by atoms with Crippen LogP contribution in [0.1, 0.15) is 39.2 Å². The van der Waals surface area contributed by atoms with E-state index in [9.17, 15) is 4.79 Å². The molecule has 0 bridgehead atoms. The first kappa shape index (κ1) is 21.1. The molecule has 0 saturated carbocycles. The van der Waals surface area contributed by atoms with E-state index in [4.69, 9.17) is 9.73 Å². The number of guanidine groups is 1. The topological polar surface area (TPSA) is 57.2 Å². The molecule has 1 aliphatic heterocycles. The molecule has 0 radical (unpaired) electrons. The van der Waals surface area contributed by atoms with Crippen molar-refractivity contribution in [3.63, 3.8) is 0 Å². The summed E-state index contributed by atoms with van der Waals surface area (Å²) >= 11 is 0. The summed E-state index contributed by atoms with van der Waals surface area (Å²) in [5, 5.41) is 3.46. The van der Waals surface area contributed by atoms with Crippen LogP contribution in [0.25, 0.3) is 0 Å². The maximum atomic E-state index is 12.3. The predicted molar refractivity (Wildman–Crippen MR) is 110 cm³/mol. The Kier molecular flexibility index (Phi) is 7.51. The van der Waals surface area contributed by atoms with E-state index in [1.807, 2.05) is 62.9 Å². The van der Waals surface area contributed by atoms with E-state index >= 15 is 0 Å². The van der Waals surface area contributed by atoms with E-state index in [0.29, 0.717) is 12.5 Å². The summed E-state index contributed by atoms with van der Waals surface area (Å²) < 4.78 is 5.51. The van der Waals surface area contributed by atoms with Gasteiger partial charge in [0.2, 0.25) is 0 Å². The van der Waals surface area contributed by atoms with Crippen LogP contribution >= 0.6 is 0 Å². The Hall–Kier alpha value is -2.24. The maximum absolute atomic E-state index is 12.3. The van der Waals surface area contributed by atoms with E-state index in [-0.39, 0.29) is 6.09 Å². The summed E-state index contributed by atoms with van der Waals surface area (Å²) in [6.07, 6.45) is 1.90. The van der Waals surface area contributed by atoms with Crippen molar-refractivity contribution in [3.8, 4) is 0 Å². The van der Waals surface area contributed by atoms with E-state index < -0.39 is 5.60 Å². The fraction of sp³-hybridized carbons (Fsp3) is 0.619. The molecule has 1 fully saturated rings. The van der Waals surface area contributed by atoms with Crippen molar-refractivity contribution in [2.24, 2.45) is 10.9 Å². The summed E-state index contributed by atoms with van der Waals surface area (Å²) in [6.45, 7) is 8.65. The average Bonchev–Trinajstić information content (AvgIpc) is 2.61. The number of piperidine rings is 1. The minimum absolute atomic E-state index is 0.210. The van der Waals surface area contributed by atoms with Gasteiger partial charge in [0, 0.05) is 33.7 Å². The minimum atomic E-state index is -0.454. The molecule has 2 rings (SSSR count). The molecule has 6 heteroatoms. The molecule has 1 unspecified atom stereocenters. The SMILES string of the molecule is CN(C)C(=NCc1ccccc1)NCC1CCCN(C(=O)OC(C)(C)C)C1. The molecule has 1 heterocycles. The molecule has 1 saturated heterocycles. The van der Waals surface area contributed by atoms with Crippen molar-refractivity contribution in [1.29, 1.82) is 0 Å². The number of benzene rings is 1. The van der Waals surface area contributed by atoms with Gasteiger partial charge in [-0.25, -0.2) is 9.79 Å². The molecule has 1 atom stereocenters. The molecule has 6 nitrogen and oxygen atoms in total. The fourth-order valence-electron chi connectivity index (χ4n) is 3.06. The number of ether oxygens (including phenoxy) is 1. The summed E-state index contributed by atoms with van der Waals surface area (Å²) in [5.41, 5.74) is 0.734.